The molecule has 1 aromatic carbocycles. The lowest BCUT2D eigenvalue weighted by atomic mass is 10.1. The normalized spacial score (nSPS) is 11.4. The van der Waals surface area contributed by atoms with E-state index in [0.29, 0.717) is 21.2 Å². The summed E-state index contributed by atoms with van der Waals surface area (Å²) in [6.45, 7) is 1.64. The van der Waals surface area contributed by atoms with Crippen molar-refractivity contribution < 1.29 is 9.90 Å². The minimum Gasteiger partial charge on any atom is -0.506 e. The van der Waals surface area contributed by atoms with Gasteiger partial charge in [-0.1, -0.05) is 29.3 Å². The van der Waals surface area contributed by atoms with Gasteiger partial charge in [0.25, 0.3) is 5.91 Å². The summed E-state index contributed by atoms with van der Waals surface area (Å²) in [5.74, 6) is -0.436. The van der Waals surface area contributed by atoms with E-state index in [4.69, 9.17) is 23.2 Å². The molecule has 0 radical (unpaired) electrons. The lowest BCUT2D eigenvalue weighted by Crippen LogP contribution is -2.18. The molecule has 1 heterocycles. The number of phenols is 1. The van der Waals surface area contributed by atoms with Crippen molar-refractivity contribution in [3.8, 4) is 5.75 Å². The van der Waals surface area contributed by atoms with Gasteiger partial charge in [0.05, 0.1) is 15.6 Å². The molecule has 4 nitrogen and oxygen atoms in total. The van der Waals surface area contributed by atoms with Crippen LogP contribution in [0.2, 0.25) is 10.0 Å². The Morgan fingerprint density at radius 2 is 2.15 bits per heavy atom. The Bertz CT molecular complexity index is 669. The molecule has 0 aliphatic rings. The number of carbonyl (C=O) groups is 1. The second-order valence-corrected chi connectivity index (χ2v) is 5.69. The highest BCUT2D eigenvalue weighted by atomic mass is 35.5. The zero-order chi connectivity index (χ0) is 14.7. The van der Waals surface area contributed by atoms with E-state index in [9.17, 15) is 9.90 Å². The number of hydrogen-bond donors (Lipinski definition) is 2. The van der Waals surface area contributed by atoms with Crippen molar-refractivity contribution in [1.82, 2.24) is 5.43 Å². The number of nitrogens with one attached hydrogen (secondary N) is 1. The molecule has 0 aliphatic carbocycles. The van der Waals surface area contributed by atoms with Crippen LogP contribution < -0.4 is 5.43 Å². The van der Waals surface area contributed by atoms with Crippen LogP contribution in [0, 0.1) is 0 Å². The number of amides is 1. The average molecular weight is 329 g/mol. The predicted molar refractivity (Wildman–Crippen MR) is 82.1 cm³/mol. The van der Waals surface area contributed by atoms with Gasteiger partial charge in [0, 0.05) is 10.6 Å². The fourth-order valence-corrected chi connectivity index (χ4v) is 2.61. The molecule has 2 aromatic rings. The zero-order valence-corrected chi connectivity index (χ0v) is 12.7. The van der Waals surface area contributed by atoms with Crippen LogP contribution >= 0.6 is 34.5 Å². The van der Waals surface area contributed by atoms with Crippen LogP contribution in [0.25, 0.3) is 0 Å². The van der Waals surface area contributed by atoms with Gasteiger partial charge >= 0.3 is 0 Å². The van der Waals surface area contributed by atoms with E-state index < -0.39 is 0 Å². The number of hydrogen-bond acceptors (Lipinski definition) is 4. The Balaban J connectivity index is 2.21. The van der Waals surface area contributed by atoms with Crippen LogP contribution in [0.15, 0.2) is 34.7 Å². The quantitative estimate of drug-likeness (QED) is 0.662. The molecule has 0 aliphatic heterocycles. The number of aromatic hydroxyl groups is 1. The summed E-state index contributed by atoms with van der Waals surface area (Å²) in [5.41, 5.74) is 3.18. The second-order valence-electron chi connectivity index (χ2n) is 3.90. The van der Waals surface area contributed by atoms with E-state index in [2.05, 4.69) is 10.5 Å². The van der Waals surface area contributed by atoms with Gasteiger partial charge in [-0.2, -0.15) is 5.10 Å². The molecule has 2 rings (SSSR count). The number of phenolic OH excluding ortho intramolecular Hbond substituents is 1. The maximum absolute atomic E-state index is 11.7. The zero-order valence-electron chi connectivity index (χ0n) is 10.4. The number of halogens is 2. The van der Waals surface area contributed by atoms with Crippen molar-refractivity contribution in [3.63, 3.8) is 0 Å². The highest BCUT2D eigenvalue weighted by molar-refractivity contribution is 7.12. The van der Waals surface area contributed by atoms with Crippen LogP contribution in [0.4, 0.5) is 0 Å². The van der Waals surface area contributed by atoms with Crippen molar-refractivity contribution in [1.29, 1.82) is 0 Å². The highest BCUT2D eigenvalue weighted by Gasteiger charge is 2.11. The van der Waals surface area contributed by atoms with Crippen molar-refractivity contribution in [3.05, 3.63) is 50.1 Å². The lowest BCUT2D eigenvalue weighted by Gasteiger charge is -2.07. The first kappa shape index (κ1) is 14.8. The lowest BCUT2D eigenvalue weighted by molar-refractivity contribution is 0.0959. The molecule has 7 heteroatoms. The number of nitrogens with zero attached hydrogens (tertiary/aromatic N) is 1. The first-order valence-electron chi connectivity index (χ1n) is 5.55. The van der Waals surface area contributed by atoms with E-state index in [1.807, 2.05) is 0 Å². The van der Waals surface area contributed by atoms with E-state index in [-0.39, 0.29) is 16.7 Å². The Hall–Kier alpha value is -1.56. The molecule has 1 aromatic heterocycles. The molecule has 0 saturated carbocycles. The standard InChI is InChI=1S/C13H10Cl2N2O2S/c1-7(9-5-8(14)6-10(15)12(9)18)16-17-13(19)11-3-2-4-20-11/h2-6,18H,1H3,(H,17,19). The van der Waals surface area contributed by atoms with Crippen LogP contribution in [0.5, 0.6) is 5.75 Å². The number of hydrazone groups is 1. The van der Waals surface area contributed by atoms with Crippen LogP contribution in [-0.4, -0.2) is 16.7 Å². The molecule has 0 spiro atoms. The molecule has 2 N–H and O–H groups in total. The first-order chi connectivity index (χ1) is 9.49. The molecule has 0 unspecified atom stereocenters. The van der Waals surface area contributed by atoms with Gasteiger partial charge < -0.3 is 5.11 Å². The summed E-state index contributed by atoms with van der Waals surface area (Å²) in [7, 11) is 0. The van der Waals surface area contributed by atoms with Gasteiger partial charge in [-0.15, -0.1) is 11.3 Å². The number of carbonyl (C=O) groups excluding carboxylic acids is 1. The summed E-state index contributed by atoms with van der Waals surface area (Å²) in [4.78, 5) is 12.3. The fraction of sp³-hybridized carbons (Fsp3) is 0.0769. The van der Waals surface area contributed by atoms with Crippen LogP contribution in [0.3, 0.4) is 0 Å². The molecule has 20 heavy (non-hydrogen) atoms. The predicted octanol–water partition coefficient (Wildman–Crippen LogP) is 3.91. The third-order valence-electron chi connectivity index (χ3n) is 2.49. The minimum atomic E-state index is -0.313. The van der Waals surface area contributed by atoms with E-state index >= 15 is 0 Å². The molecule has 0 atom stereocenters. The Labute approximate surface area is 129 Å². The fourth-order valence-electron chi connectivity index (χ4n) is 1.50. The molecule has 0 fully saturated rings. The highest BCUT2D eigenvalue weighted by Crippen LogP contribution is 2.31. The molecular formula is C13H10Cl2N2O2S. The molecule has 1 amide bonds. The van der Waals surface area contributed by atoms with Gasteiger partial charge in [0.2, 0.25) is 0 Å². The van der Waals surface area contributed by atoms with Gasteiger partial charge in [0.1, 0.15) is 5.75 Å². The van der Waals surface area contributed by atoms with Gasteiger partial charge in [-0.25, -0.2) is 5.43 Å². The van der Waals surface area contributed by atoms with Crippen molar-refractivity contribution >= 4 is 46.2 Å². The summed E-state index contributed by atoms with van der Waals surface area (Å²) in [6.07, 6.45) is 0. The maximum atomic E-state index is 11.7. The molecule has 0 saturated heterocycles. The first-order valence-corrected chi connectivity index (χ1v) is 7.19. The van der Waals surface area contributed by atoms with Gasteiger partial charge in [-0.05, 0) is 30.5 Å². The summed E-state index contributed by atoms with van der Waals surface area (Å²) in [5, 5.41) is 16.1. The van der Waals surface area contributed by atoms with Crippen molar-refractivity contribution in [2.45, 2.75) is 6.92 Å². The van der Waals surface area contributed by atoms with Gasteiger partial charge in [-0.3, -0.25) is 4.79 Å². The Morgan fingerprint density at radius 3 is 2.80 bits per heavy atom. The van der Waals surface area contributed by atoms with E-state index in [1.54, 1.807) is 24.4 Å². The number of thiophene rings is 1. The smallest absolute Gasteiger partial charge is 0.281 e. The number of rotatable bonds is 3. The van der Waals surface area contributed by atoms with Gasteiger partial charge in [0.15, 0.2) is 0 Å². The minimum absolute atomic E-state index is 0.123. The van der Waals surface area contributed by atoms with Crippen LogP contribution in [-0.2, 0) is 0 Å². The summed E-state index contributed by atoms with van der Waals surface area (Å²) < 4.78 is 0. The molecule has 0 bridgehead atoms. The maximum Gasteiger partial charge on any atom is 0.281 e. The molecule has 104 valence electrons. The van der Waals surface area contributed by atoms with E-state index in [1.165, 1.54) is 23.5 Å². The van der Waals surface area contributed by atoms with Crippen LogP contribution in [0.1, 0.15) is 22.2 Å². The third-order valence-corrected chi connectivity index (χ3v) is 3.86. The van der Waals surface area contributed by atoms with E-state index in [0.717, 1.165) is 0 Å². The third kappa shape index (κ3) is 3.30. The van der Waals surface area contributed by atoms with Crippen molar-refractivity contribution in [2.75, 3.05) is 0 Å². The topological polar surface area (TPSA) is 61.7 Å². The largest absolute Gasteiger partial charge is 0.506 e. The summed E-state index contributed by atoms with van der Waals surface area (Å²) >= 11 is 13.0. The monoisotopic (exact) mass is 328 g/mol. The summed E-state index contributed by atoms with van der Waals surface area (Å²) in [6, 6.07) is 6.43. The Kier molecular flexibility index (Phi) is 4.65. The Morgan fingerprint density at radius 1 is 1.40 bits per heavy atom. The average Bonchev–Trinajstić information content (AvgIpc) is 2.93. The number of benzene rings is 1. The van der Waals surface area contributed by atoms with Crippen molar-refractivity contribution in [2.24, 2.45) is 5.10 Å². The second kappa shape index (κ2) is 6.26. The molecular weight excluding hydrogens is 319 g/mol. The SMILES string of the molecule is CC(=NNC(=O)c1cccs1)c1cc(Cl)cc(Cl)c1O.